The van der Waals surface area contributed by atoms with Crippen LogP contribution < -0.4 is 18.9 Å². The lowest BCUT2D eigenvalue weighted by molar-refractivity contribution is 0.00471. The second kappa shape index (κ2) is 10.8. The van der Waals surface area contributed by atoms with E-state index in [2.05, 4.69) is 11.8 Å². The van der Waals surface area contributed by atoms with Crippen LogP contribution in [0.15, 0.2) is 66.7 Å². The normalized spacial score (nSPS) is 9.97. The Morgan fingerprint density at radius 1 is 0.700 bits per heavy atom. The van der Waals surface area contributed by atoms with Crippen molar-refractivity contribution < 1.29 is 23.7 Å². The maximum Gasteiger partial charge on any atom is 0.189 e. The number of hydrogen-bond acceptors (Lipinski definition) is 5. The molecule has 0 aliphatic carbocycles. The van der Waals surface area contributed by atoms with Crippen molar-refractivity contribution >= 4 is 0 Å². The first kappa shape index (κ1) is 21.1. The van der Waals surface area contributed by atoms with Gasteiger partial charge in [0.15, 0.2) is 6.79 Å². The summed E-state index contributed by atoms with van der Waals surface area (Å²) in [5.74, 6) is 8.76. The fraction of sp³-hybridized carbons (Fsp3) is 0.200. The molecule has 0 N–H and O–H groups in total. The standard InChI is InChI=1S/C25H24O5/c1-26-21-12-9-19(10-13-21)11-14-23-24(28-3)15-22(27-2)16-25(23)30-18-29-17-20-7-5-4-6-8-20/h4-10,12-13,15-16H,17-18H2,1-3H3. The molecule has 0 radical (unpaired) electrons. The summed E-state index contributed by atoms with van der Waals surface area (Å²) in [5, 5.41) is 0. The molecule has 0 aliphatic rings. The van der Waals surface area contributed by atoms with Crippen molar-refractivity contribution in [3.8, 4) is 34.8 Å². The smallest absolute Gasteiger partial charge is 0.189 e. The molecule has 0 aliphatic heterocycles. The van der Waals surface area contributed by atoms with E-state index in [9.17, 15) is 0 Å². The van der Waals surface area contributed by atoms with E-state index in [0.717, 1.165) is 16.9 Å². The molecule has 0 saturated carbocycles. The maximum atomic E-state index is 5.86. The molecule has 0 fully saturated rings. The van der Waals surface area contributed by atoms with E-state index >= 15 is 0 Å². The zero-order valence-corrected chi connectivity index (χ0v) is 17.3. The highest BCUT2D eigenvalue weighted by Gasteiger charge is 2.12. The molecule has 154 valence electrons. The van der Waals surface area contributed by atoms with Gasteiger partial charge in [-0.3, -0.25) is 0 Å². The first-order chi connectivity index (χ1) is 14.7. The minimum Gasteiger partial charge on any atom is -0.497 e. The fourth-order valence-corrected chi connectivity index (χ4v) is 2.73. The zero-order chi connectivity index (χ0) is 21.2. The van der Waals surface area contributed by atoms with Gasteiger partial charge in [0, 0.05) is 17.7 Å². The van der Waals surface area contributed by atoms with Crippen molar-refractivity contribution in [2.75, 3.05) is 28.1 Å². The van der Waals surface area contributed by atoms with Crippen LogP contribution in [-0.2, 0) is 11.3 Å². The molecule has 3 rings (SSSR count). The number of benzene rings is 3. The average molecular weight is 404 g/mol. The predicted octanol–water partition coefficient (Wildman–Crippen LogP) is 4.67. The zero-order valence-electron chi connectivity index (χ0n) is 17.3. The van der Waals surface area contributed by atoms with Gasteiger partial charge < -0.3 is 23.7 Å². The summed E-state index contributed by atoms with van der Waals surface area (Å²) in [6.45, 7) is 0.525. The Kier molecular flexibility index (Phi) is 7.59. The molecule has 0 bridgehead atoms. The van der Waals surface area contributed by atoms with Gasteiger partial charge >= 0.3 is 0 Å². The van der Waals surface area contributed by atoms with Gasteiger partial charge in [-0.15, -0.1) is 0 Å². The molecular formula is C25H24O5. The van der Waals surface area contributed by atoms with E-state index in [4.69, 9.17) is 23.7 Å². The van der Waals surface area contributed by atoms with Crippen LogP contribution >= 0.6 is 0 Å². The third-order valence-electron chi connectivity index (χ3n) is 4.33. The summed E-state index contributed by atoms with van der Waals surface area (Å²) in [7, 11) is 4.81. The molecule has 5 heteroatoms. The van der Waals surface area contributed by atoms with Crippen LogP contribution in [0.2, 0.25) is 0 Å². The maximum absolute atomic E-state index is 5.86. The monoisotopic (exact) mass is 404 g/mol. The quantitative estimate of drug-likeness (QED) is 0.310. The summed E-state index contributed by atoms with van der Waals surface area (Å²) in [6.07, 6.45) is 0. The minimum atomic E-state index is 0.0719. The van der Waals surface area contributed by atoms with Gasteiger partial charge in [-0.05, 0) is 29.8 Å². The summed E-state index contributed by atoms with van der Waals surface area (Å²) in [6, 6.07) is 21.0. The Balaban J connectivity index is 1.79. The van der Waals surface area contributed by atoms with Crippen LogP contribution in [0.1, 0.15) is 16.7 Å². The molecule has 3 aromatic carbocycles. The Morgan fingerprint density at radius 2 is 1.40 bits per heavy atom. The van der Waals surface area contributed by atoms with Gasteiger partial charge in [0.25, 0.3) is 0 Å². The molecule has 0 spiro atoms. The van der Waals surface area contributed by atoms with Crippen LogP contribution in [0.25, 0.3) is 0 Å². The lowest BCUT2D eigenvalue weighted by atomic mass is 10.1. The topological polar surface area (TPSA) is 46.2 Å². The van der Waals surface area contributed by atoms with E-state index in [1.807, 2.05) is 54.6 Å². The van der Waals surface area contributed by atoms with Crippen LogP contribution in [0.3, 0.4) is 0 Å². The van der Waals surface area contributed by atoms with Gasteiger partial charge in [-0.2, -0.15) is 0 Å². The molecule has 3 aromatic rings. The molecule has 5 nitrogen and oxygen atoms in total. The molecule has 0 amide bonds. The van der Waals surface area contributed by atoms with Gasteiger partial charge in [-0.25, -0.2) is 0 Å². The highest BCUT2D eigenvalue weighted by molar-refractivity contribution is 5.60. The Hall–Kier alpha value is -3.62. The molecule has 0 heterocycles. The van der Waals surface area contributed by atoms with Crippen molar-refractivity contribution in [3.05, 3.63) is 83.4 Å². The van der Waals surface area contributed by atoms with Gasteiger partial charge in [0.2, 0.25) is 0 Å². The average Bonchev–Trinajstić information content (AvgIpc) is 2.81. The van der Waals surface area contributed by atoms with Crippen molar-refractivity contribution in [1.82, 2.24) is 0 Å². The van der Waals surface area contributed by atoms with Crippen LogP contribution in [0.4, 0.5) is 0 Å². The van der Waals surface area contributed by atoms with E-state index in [1.165, 1.54) is 0 Å². The molecular weight excluding hydrogens is 380 g/mol. The van der Waals surface area contributed by atoms with E-state index in [0.29, 0.717) is 29.4 Å². The third-order valence-corrected chi connectivity index (χ3v) is 4.33. The van der Waals surface area contributed by atoms with Crippen LogP contribution in [0.5, 0.6) is 23.0 Å². The van der Waals surface area contributed by atoms with Gasteiger partial charge in [0.1, 0.15) is 28.6 Å². The second-order valence-electron chi connectivity index (χ2n) is 6.28. The first-order valence-electron chi connectivity index (χ1n) is 9.40. The van der Waals surface area contributed by atoms with E-state index in [-0.39, 0.29) is 6.79 Å². The molecule has 30 heavy (non-hydrogen) atoms. The summed E-state index contributed by atoms with van der Waals surface area (Å²) < 4.78 is 27.6. The second-order valence-corrected chi connectivity index (χ2v) is 6.28. The van der Waals surface area contributed by atoms with Crippen molar-refractivity contribution in [2.24, 2.45) is 0 Å². The lowest BCUT2D eigenvalue weighted by Gasteiger charge is -2.13. The molecule has 0 atom stereocenters. The number of hydrogen-bond donors (Lipinski definition) is 0. The predicted molar refractivity (Wildman–Crippen MR) is 115 cm³/mol. The fourth-order valence-electron chi connectivity index (χ4n) is 2.73. The SMILES string of the molecule is COc1ccc(C#Cc2c(OC)cc(OC)cc2OCOCc2ccccc2)cc1. The first-order valence-corrected chi connectivity index (χ1v) is 9.40. The van der Waals surface area contributed by atoms with Crippen molar-refractivity contribution in [1.29, 1.82) is 0 Å². The Bertz CT molecular complexity index is 1000. The van der Waals surface area contributed by atoms with Crippen molar-refractivity contribution in [2.45, 2.75) is 6.61 Å². The highest BCUT2D eigenvalue weighted by atomic mass is 16.7. The van der Waals surface area contributed by atoms with Crippen molar-refractivity contribution in [3.63, 3.8) is 0 Å². The van der Waals surface area contributed by atoms with E-state index in [1.54, 1.807) is 33.5 Å². The Morgan fingerprint density at radius 3 is 2.07 bits per heavy atom. The largest absolute Gasteiger partial charge is 0.497 e. The summed E-state index contributed by atoms with van der Waals surface area (Å²) in [4.78, 5) is 0. The highest BCUT2D eigenvalue weighted by Crippen LogP contribution is 2.33. The molecule has 0 saturated heterocycles. The third kappa shape index (κ3) is 5.69. The summed E-state index contributed by atoms with van der Waals surface area (Å²) >= 11 is 0. The van der Waals surface area contributed by atoms with Gasteiger partial charge in [0.05, 0.1) is 27.9 Å². The lowest BCUT2D eigenvalue weighted by Crippen LogP contribution is -2.05. The minimum absolute atomic E-state index is 0.0719. The Labute approximate surface area is 177 Å². The summed E-state index contributed by atoms with van der Waals surface area (Å²) in [5.41, 5.74) is 2.54. The number of rotatable bonds is 8. The van der Waals surface area contributed by atoms with E-state index < -0.39 is 0 Å². The number of methoxy groups -OCH3 is 3. The van der Waals surface area contributed by atoms with Gasteiger partial charge in [-0.1, -0.05) is 42.2 Å². The molecule has 0 unspecified atom stereocenters. The number of ether oxygens (including phenoxy) is 5. The van der Waals surface area contributed by atoms with Crippen LogP contribution in [-0.4, -0.2) is 28.1 Å². The molecule has 0 aromatic heterocycles. The van der Waals surface area contributed by atoms with Crippen LogP contribution in [0, 0.1) is 11.8 Å².